The topological polar surface area (TPSA) is 75.4 Å². The van der Waals surface area contributed by atoms with E-state index in [0.29, 0.717) is 18.1 Å². The first-order valence-corrected chi connectivity index (χ1v) is 8.72. The summed E-state index contributed by atoms with van der Waals surface area (Å²) < 4.78 is 5.24. The number of amides is 1. The van der Waals surface area contributed by atoms with Crippen molar-refractivity contribution in [1.29, 1.82) is 0 Å². The van der Waals surface area contributed by atoms with Gasteiger partial charge in [0.2, 0.25) is 11.8 Å². The Kier molecular flexibility index (Phi) is 5.02. The molecule has 0 aliphatic carbocycles. The Balaban J connectivity index is 1.47. The first-order chi connectivity index (χ1) is 11.1. The largest absolute Gasteiger partial charge is 0.340 e. The van der Waals surface area contributed by atoms with Crippen LogP contribution in [0.25, 0.3) is 0 Å². The Morgan fingerprint density at radius 2 is 2.17 bits per heavy atom. The maximum Gasteiger partial charge on any atom is 0.243 e. The lowest BCUT2D eigenvalue weighted by molar-refractivity contribution is -0.133. The van der Waals surface area contributed by atoms with Gasteiger partial charge in [0.15, 0.2) is 5.82 Å². The summed E-state index contributed by atoms with van der Waals surface area (Å²) in [6, 6.07) is 0.0868. The lowest BCUT2D eigenvalue weighted by Gasteiger charge is -2.36. The summed E-state index contributed by atoms with van der Waals surface area (Å²) in [5.41, 5.74) is 0. The monoisotopic (exact) mass is 335 g/mol. The number of hydrogen-bond donors (Lipinski definition) is 0. The fraction of sp³-hybridized carbons (Fsp3) is 0.600. The van der Waals surface area contributed by atoms with Gasteiger partial charge in [0, 0.05) is 50.6 Å². The van der Waals surface area contributed by atoms with E-state index < -0.39 is 0 Å². The van der Waals surface area contributed by atoms with Crippen LogP contribution in [0.2, 0.25) is 0 Å². The van der Waals surface area contributed by atoms with E-state index in [9.17, 15) is 4.79 Å². The molecule has 1 unspecified atom stereocenters. The van der Waals surface area contributed by atoms with E-state index in [1.54, 1.807) is 17.5 Å². The first kappa shape index (κ1) is 16.1. The van der Waals surface area contributed by atoms with Gasteiger partial charge in [0.25, 0.3) is 0 Å². The predicted octanol–water partition coefficient (Wildman–Crippen LogP) is 1.67. The Labute approximate surface area is 139 Å². The highest BCUT2D eigenvalue weighted by atomic mass is 32.1. The molecule has 0 bridgehead atoms. The van der Waals surface area contributed by atoms with Crippen molar-refractivity contribution >= 4 is 17.2 Å². The first-order valence-electron chi connectivity index (χ1n) is 7.84. The lowest BCUT2D eigenvalue weighted by Crippen LogP contribution is -2.49. The van der Waals surface area contributed by atoms with Crippen LogP contribution >= 0.6 is 11.3 Å². The van der Waals surface area contributed by atoms with E-state index in [1.807, 2.05) is 17.2 Å². The summed E-state index contributed by atoms with van der Waals surface area (Å²) in [4.78, 5) is 25.0. The average Bonchev–Trinajstić information content (AvgIpc) is 3.23. The standard InChI is InChI=1S/C15H21N5O2S/c1-11(15-17-12(2)18-22-15)19-6-8-20(9-7-19)14(21)4-3-13-16-5-10-23-13/h5,10-11H,3-4,6-9H2,1-2H3. The number of aromatic nitrogens is 3. The predicted molar refractivity (Wildman–Crippen MR) is 86.0 cm³/mol. The number of carbonyl (C=O) groups is 1. The van der Waals surface area contributed by atoms with Crippen LogP contribution in [0.5, 0.6) is 0 Å². The highest BCUT2D eigenvalue weighted by Crippen LogP contribution is 2.20. The van der Waals surface area contributed by atoms with Crippen molar-refractivity contribution in [2.45, 2.75) is 32.7 Å². The van der Waals surface area contributed by atoms with Crippen molar-refractivity contribution in [3.05, 3.63) is 28.3 Å². The summed E-state index contributed by atoms with van der Waals surface area (Å²) >= 11 is 1.60. The van der Waals surface area contributed by atoms with Gasteiger partial charge < -0.3 is 9.42 Å². The van der Waals surface area contributed by atoms with Crippen LogP contribution in [-0.2, 0) is 11.2 Å². The minimum absolute atomic E-state index is 0.0868. The van der Waals surface area contributed by atoms with Crippen molar-refractivity contribution < 1.29 is 9.32 Å². The molecule has 2 aromatic heterocycles. The van der Waals surface area contributed by atoms with Gasteiger partial charge >= 0.3 is 0 Å². The molecule has 1 aliphatic rings. The molecule has 23 heavy (non-hydrogen) atoms. The quantitative estimate of drug-likeness (QED) is 0.827. The third kappa shape index (κ3) is 3.94. The van der Waals surface area contributed by atoms with Crippen LogP contribution in [0.4, 0.5) is 0 Å². The average molecular weight is 335 g/mol. The van der Waals surface area contributed by atoms with E-state index in [4.69, 9.17) is 4.52 Å². The van der Waals surface area contributed by atoms with Crippen molar-refractivity contribution in [3.63, 3.8) is 0 Å². The molecule has 0 N–H and O–H groups in total. The Morgan fingerprint density at radius 1 is 1.39 bits per heavy atom. The highest BCUT2D eigenvalue weighted by molar-refractivity contribution is 7.09. The number of rotatable bonds is 5. The van der Waals surface area contributed by atoms with Crippen molar-refractivity contribution in [1.82, 2.24) is 24.9 Å². The number of carbonyl (C=O) groups excluding carboxylic acids is 1. The number of nitrogens with zero attached hydrogens (tertiary/aromatic N) is 5. The minimum Gasteiger partial charge on any atom is -0.340 e. The van der Waals surface area contributed by atoms with Gasteiger partial charge in [-0.3, -0.25) is 9.69 Å². The molecular formula is C15H21N5O2S. The molecule has 0 aromatic carbocycles. The van der Waals surface area contributed by atoms with E-state index in [2.05, 4.69) is 26.9 Å². The summed E-state index contributed by atoms with van der Waals surface area (Å²) in [5.74, 6) is 1.51. The van der Waals surface area contributed by atoms with Crippen molar-refractivity contribution in [2.75, 3.05) is 26.2 Å². The number of hydrogen-bond acceptors (Lipinski definition) is 7. The van der Waals surface area contributed by atoms with Crippen LogP contribution in [0.15, 0.2) is 16.1 Å². The molecule has 7 nitrogen and oxygen atoms in total. The summed E-state index contributed by atoms with van der Waals surface area (Å²) in [6.07, 6.45) is 3.05. The molecule has 3 rings (SSSR count). The van der Waals surface area contributed by atoms with Gasteiger partial charge in [0.05, 0.1) is 11.0 Å². The van der Waals surface area contributed by atoms with Gasteiger partial charge in [-0.2, -0.15) is 4.98 Å². The zero-order valence-corrected chi connectivity index (χ0v) is 14.3. The molecule has 3 heterocycles. The second kappa shape index (κ2) is 7.18. The van der Waals surface area contributed by atoms with Gasteiger partial charge in [-0.05, 0) is 13.8 Å². The Hall–Kier alpha value is -1.80. The van der Waals surface area contributed by atoms with Crippen LogP contribution in [0.1, 0.15) is 36.1 Å². The van der Waals surface area contributed by atoms with Gasteiger partial charge in [-0.15, -0.1) is 11.3 Å². The van der Waals surface area contributed by atoms with Crippen LogP contribution in [0, 0.1) is 6.92 Å². The Bertz CT molecular complexity index is 634. The van der Waals surface area contributed by atoms with E-state index >= 15 is 0 Å². The third-order valence-electron chi connectivity index (χ3n) is 4.15. The van der Waals surface area contributed by atoms with Crippen LogP contribution in [-0.4, -0.2) is 57.0 Å². The van der Waals surface area contributed by atoms with Crippen molar-refractivity contribution in [3.8, 4) is 0 Å². The zero-order chi connectivity index (χ0) is 16.2. The molecule has 2 aromatic rings. The number of aryl methyl sites for hydroxylation is 2. The summed E-state index contributed by atoms with van der Waals surface area (Å²) in [6.45, 7) is 7.02. The molecule has 0 radical (unpaired) electrons. The second-order valence-corrected chi connectivity index (χ2v) is 6.68. The molecule has 124 valence electrons. The Morgan fingerprint density at radius 3 is 2.78 bits per heavy atom. The summed E-state index contributed by atoms with van der Waals surface area (Å²) in [7, 11) is 0. The van der Waals surface area contributed by atoms with Gasteiger partial charge in [-0.1, -0.05) is 5.16 Å². The van der Waals surface area contributed by atoms with Crippen molar-refractivity contribution in [2.24, 2.45) is 0 Å². The highest BCUT2D eigenvalue weighted by Gasteiger charge is 2.27. The normalized spacial score (nSPS) is 17.4. The van der Waals surface area contributed by atoms with E-state index in [0.717, 1.165) is 37.6 Å². The SMILES string of the molecule is Cc1noc(C(C)N2CCN(C(=O)CCc3nccs3)CC2)n1. The van der Waals surface area contributed by atoms with Gasteiger partial charge in [-0.25, -0.2) is 4.98 Å². The molecule has 0 saturated carbocycles. The van der Waals surface area contributed by atoms with Crippen LogP contribution in [0.3, 0.4) is 0 Å². The smallest absolute Gasteiger partial charge is 0.243 e. The molecule has 0 spiro atoms. The van der Waals surface area contributed by atoms with Gasteiger partial charge in [0.1, 0.15) is 0 Å². The van der Waals surface area contributed by atoms with E-state index in [1.165, 1.54) is 0 Å². The molecule has 1 saturated heterocycles. The molecule has 8 heteroatoms. The molecule has 1 atom stereocenters. The minimum atomic E-state index is 0.0868. The molecule has 1 amide bonds. The maximum absolute atomic E-state index is 12.3. The summed E-state index contributed by atoms with van der Waals surface area (Å²) in [5, 5.41) is 6.81. The second-order valence-electron chi connectivity index (χ2n) is 5.70. The number of piperazine rings is 1. The number of thiazole rings is 1. The molecule has 1 fully saturated rings. The fourth-order valence-corrected chi connectivity index (χ4v) is 3.37. The maximum atomic E-state index is 12.3. The zero-order valence-electron chi connectivity index (χ0n) is 13.4. The fourth-order valence-electron chi connectivity index (χ4n) is 2.75. The van der Waals surface area contributed by atoms with Crippen LogP contribution < -0.4 is 0 Å². The third-order valence-corrected chi connectivity index (χ3v) is 4.99. The molecule has 1 aliphatic heterocycles. The van der Waals surface area contributed by atoms with E-state index in [-0.39, 0.29) is 11.9 Å². The molecular weight excluding hydrogens is 314 g/mol. The lowest BCUT2D eigenvalue weighted by atomic mass is 10.2.